The van der Waals surface area contributed by atoms with E-state index in [0.717, 1.165) is 14.9 Å². The molecule has 0 atom stereocenters. The Morgan fingerprint density at radius 1 is 1.16 bits per heavy atom. The van der Waals surface area contributed by atoms with Crippen molar-refractivity contribution < 1.29 is 9.53 Å². The Morgan fingerprint density at radius 3 is 2.53 bits per heavy atom. The van der Waals surface area contributed by atoms with Gasteiger partial charge in [-0.15, -0.1) is 0 Å². The van der Waals surface area contributed by atoms with Gasteiger partial charge in [-0.25, -0.2) is 0 Å². The third kappa shape index (κ3) is 3.09. The van der Waals surface area contributed by atoms with Crippen LogP contribution in [-0.2, 0) is 0 Å². The number of rotatable bonds is 3. The van der Waals surface area contributed by atoms with Crippen LogP contribution in [0.4, 0.5) is 0 Å². The van der Waals surface area contributed by atoms with E-state index in [4.69, 9.17) is 16.3 Å². The lowest BCUT2D eigenvalue weighted by molar-refractivity contribution is 0.103. The minimum atomic E-state index is -0.0212. The molecule has 0 amide bonds. The first-order valence-electron chi connectivity index (χ1n) is 5.67. The van der Waals surface area contributed by atoms with Crippen molar-refractivity contribution in [1.29, 1.82) is 0 Å². The van der Waals surface area contributed by atoms with Crippen molar-refractivity contribution in [3.05, 3.63) is 61.7 Å². The summed E-state index contributed by atoms with van der Waals surface area (Å²) in [7, 11) is 1.61. The first-order chi connectivity index (χ1) is 9.02. The molecule has 19 heavy (non-hydrogen) atoms. The molecule has 0 radical (unpaired) electrons. The van der Waals surface area contributed by atoms with Crippen molar-refractivity contribution in [3.63, 3.8) is 0 Å². The van der Waals surface area contributed by atoms with Crippen LogP contribution < -0.4 is 4.74 Å². The number of hydrogen-bond donors (Lipinski definition) is 0. The monoisotopic (exact) mass is 386 g/mol. The van der Waals surface area contributed by atoms with Gasteiger partial charge in [-0.05, 0) is 71.5 Å². The van der Waals surface area contributed by atoms with Gasteiger partial charge in [0.2, 0.25) is 0 Å². The van der Waals surface area contributed by atoms with Gasteiger partial charge in [0, 0.05) is 19.7 Å². The Balaban J connectivity index is 2.47. The summed E-state index contributed by atoms with van der Waals surface area (Å²) >= 11 is 8.10. The van der Waals surface area contributed by atoms with Gasteiger partial charge in [-0.3, -0.25) is 4.79 Å². The molecule has 2 nitrogen and oxygen atoms in total. The van der Waals surface area contributed by atoms with Crippen molar-refractivity contribution in [2.75, 3.05) is 7.11 Å². The number of hydrogen-bond acceptors (Lipinski definition) is 2. The van der Waals surface area contributed by atoms with Crippen LogP contribution in [0.3, 0.4) is 0 Å². The predicted molar refractivity (Wildman–Crippen MR) is 85.3 cm³/mol. The maximum Gasteiger partial charge on any atom is 0.194 e. The molecule has 0 aliphatic carbocycles. The fraction of sp³-hybridized carbons (Fsp3) is 0.133. The lowest BCUT2D eigenvalue weighted by Crippen LogP contribution is -2.06. The highest BCUT2D eigenvalue weighted by Gasteiger charge is 2.15. The van der Waals surface area contributed by atoms with Gasteiger partial charge in [-0.2, -0.15) is 0 Å². The van der Waals surface area contributed by atoms with Gasteiger partial charge in [0.1, 0.15) is 5.75 Å². The number of ether oxygens (including phenoxy) is 1. The molecule has 4 heteroatoms. The molecular weight excluding hydrogens is 375 g/mol. The summed E-state index contributed by atoms with van der Waals surface area (Å²) < 4.78 is 6.04. The molecular formula is C15H12ClIO2. The van der Waals surface area contributed by atoms with Gasteiger partial charge in [-0.1, -0.05) is 11.6 Å². The molecule has 0 unspecified atom stereocenters. The van der Waals surface area contributed by atoms with Crippen LogP contribution >= 0.6 is 34.2 Å². The minimum Gasteiger partial charge on any atom is -0.497 e. The van der Waals surface area contributed by atoms with Crippen LogP contribution in [0.25, 0.3) is 0 Å². The second-order valence-corrected chi connectivity index (χ2v) is 5.73. The SMILES string of the molecule is COc1ccc(C(=O)c2cc(Cl)ccc2I)c(C)c1. The van der Waals surface area contributed by atoms with Crippen LogP contribution in [0.2, 0.25) is 5.02 Å². The third-order valence-corrected chi connectivity index (χ3v) is 4.03. The number of ketones is 1. The minimum absolute atomic E-state index is 0.0212. The maximum absolute atomic E-state index is 12.5. The van der Waals surface area contributed by atoms with Gasteiger partial charge in [0.05, 0.1) is 7.11 Å². The quantitative estimate of drug-likeness (QED) is 0.574. The molecule has 0 bridgehead atoms. The van der Waals surface area contributed by atoms with Crippen LogP contribution in [0, 0.1) is 10.5 Å². The second kappa shape index (κ2) is 5.92. The largest absolute Gasteiger partial charge is 0.497 e. The molecule has 2 rings (SSSR count). The average molecular weight is 387 g/mol. The Morgan fingerprint density at radius 2 is 1.89 bits per heavy atom. The summed E-state index contributed by atoms with van der Waals surface area (Å²) in [6, 6.07) is 10.8. The van der Waals surface area contributed by atoms with Crippen LogP contribution in [0.15, 0.2) is 36.4 Å². The van der Waals surface area contributed by atoms with E-state index >= 15 is 0 Å². The number of benzene rings is 2. The predicted octanol–water partition coefficient (Wildman–Crippen LogP) is 4.49. The zero-order valence-corrected chi connectivity index (χ0v) is 13.4. The number of methoxy groups -OCH3 is 1. The van der Waals surface area contributed by atoms with Crippen molar-refractivity contribution in [3.8, 4) is 5.75 Å². The van der Waals surface area contributed by atoms with E-state index in [-0.39, 0.29) is 5.78 Å². The molecule has 0 saturated carbocycles. The van der Waals surface area contributed by atoms with E-state index in [0.29, 0.717) is 16.1 Å². The standard InChI is InChI=1S/C15H12ClIO2/c1-9-7-11(19-2)4-5-12(9)15(18)13-8-10(16)3-6-14(13)17/h3-8H,1-2H3. The maximum atomic E-state index is 12.5. The van der Waals surface area contributed by atoms with Crippen LogP contribution in [0.5, 0.6) is 5.75 Å². The number of halogens is 2. The van der Waals surface area contributed by atoms with Gasteiger partial charge in [0.25, 0.3) is 0 Å². The number of carbonyl (C=O) groups is 1. The van der Waals surface area contributed by atoms with E-state index in [1.807, 2.05) is 19.1 Å². The lowest BCUT2D eigenvalue weighted by atomic mass is 9.99. The fourth-order valence-corrected chi connectivity index (χ4v) is 2.59. The van der Waals surface area contributed by atoms with E-state index in [2.05, 4.69) is 22.6 Å². The normalized spacial score (nSPS) is 10.3. The molecule has 0 aliphatic heterocycles. The first kappa shape index (κ1) is 14.3. The number of carbonyl (C=O) groups excluding carboxylic acids is 1. The van der Waals surface area contributed by atoms with Gasteiger partial charge < -0.3 is 4.74 Å². The summed E-state index contributed by atoms with van der Waals surface area (Å²) in [6.45, 7) is 1.90. The molecule has 0 N–H and O–H groups in total. The van der Waals surface area contributed by atoms with E-state index in [9.17, 15) is 4.79 Å². The molecule has 0 saturated heterocycles. The smallest absolute Gasteiger partial charge is 0.194 e. The zero-order chi connectivity index (χ0) is 14.0. The van der Waals surface area contributed by atoms with Crippen molar-refractivity contribution in [1.82, 2.24) is 0 Å². The Hall–Kier alpha value is -1.07. The molecule has 2 aromatic carbocycles. The zero-order valence-electron chi connectivity index (χ0n) is 10.5. The Kier molecular flexibility index (Phi) is 4.47. The molecule has 0 aromatic heterocycles. The topological polar surface area (TPSA) is 26.3 Å². The van der Waals surface area contributed by atoms with Crippen LogP contribution in [-0.4, -0.2) is 12.9 Å². The molecule has 0 spiro atoms. The summed E-state index contributed by atoms with van der Waals surface area (Å²) in [5.41, 5.74) is 2.18. The highest BCUT2D eigenvalue weighted by atomic mass is 127. The van der Waals surface area contributed by atoms with E-state index < -0.39 is 0 Å². The fourth-order valence-electron chi connectivity index (χ4n) is 1.83. The van der Waals surface area contributed by atoms with Gasteiger partial charge >= 0.3 is 0 Å². The number of aryl methyl sites for hydroxylation is 1. The third-order valence-electron chi connectivity index (χ3n) is 2.85. The second-order valence-electron chi connectivity index (χ2n) is 4.13. The lowest BCUT2D eigenvalue weighted by Gasteiger charge is -2.09. The van der Waals surface area contributed by atoms with Crippen molar-refractivity contribution in [2.24, 2.45) is 0 Å². The Labute approximate surface area is 130 Å². The van der Waals surface area contributed by atoms with Gasteiger partial charge in [0.15, 0.2) is 5.78 Å². The van der Waals surface area contributed by atoms with E-state index in [1.165, 1.54) is 0 Å². The van der Waals surface area contributed by atoms with Crippen LogP contribution in [0.1, 0.15) is 21.5 Å². The highest BCUT2D eigenvalue weighted by molar-refractivity contribution is 14.1. The summed E-state index contributed by atoms with van der Waals surface area (Å²) in [6.07, 6.45) is 0. The Bertz CT molecular complexity index is 638. The molecule has 98 valence electrons. The van der Waals surface area contributed by atoms with Crippen molar-refractivity contribution >= 4 is 40.0 Å². The summed E-state index contributed by atoms with van der Waals surface area (Å²) in [5, 5.41) is 0.565. The molecule has 0 fully saturated rings. The molecule has 0 heterocycles. The van der Waals surface area contributed by atoms with Crippen molar-refractivity contribution in [2.45, 2.75) is 6.92 Å². The molecule has 0 aliphatic rings. The average Bonchev–Trinajstić information content (AvgIpc) is 2.40. The summed E-state index contributed by atoms with van der Waals surface area (Å²) in [5.74, 6) is 0.724. The first-order valence-corrected chi connectivity index (χ1v) is 7.13. The van der Waals surface area contributed by atoms with E-state index in [1.54, 1.807) is 31.4 Å². The molecule has 2 aromatic rings. The summed E-state index contributed by atoms with van der Waals surface area (Å²) in [4.78, 5) is 12.5. The highest BCUT2D eigenvalue weighted by Crippen LogP contribution is 2.24.